The molecule has 4 heteroatoms. The number of aromatic nitrogens is 1. The highest BCUT2D eigenvalue weighted by Crippen LogP contribution is 2.13. The molecule has 2 aromatic rings. The Hall–Kier alpha value is -1.87. The zero-order chi connectivity index (χ0) is 13.0. The highest BCUT2D eigenvalue weighted by atomic mass is 35.5. The van der Waals surface area contributed by atoms with Gasteiger partial charge in [-0.25, -0.2) is 0 Å². The summed E-state index contributed by atoms with van der Waals surface area (Å²) in [4.78, 5) is 18.0. The van der Waals surface area contributed by atoms with E-state index in [1.807, 2.05) is 18.2 Å². The van der Waals surface area contributed by atoms with Crippen LogP contribution < -0.4 is 0 Å². The summed E-state index contributed by atoms with van der Waals surface area (Å²) in [5, 5.41) is 0.562. The summed E-state index contributed by atoms with van der Waals surface area (Å²) in [5.74, 6) is -0.0665. The van der Waals surface area contributed by atoms with Crippen LogP contribution in [0.3, 0.4) is 0 Å². The Morgan fingerprint density at radius 3 is 2.78 bits per heavy atom. The molecule has 0 radical (unpaired) electrons. The van der Waals surface area contributed by atoms with Crippen LogP contribution in [0.4, 0.5) is 0 Å². The third-order valence-corrected chi connectivity index (χ3v) is 2.78. The summed E-state index contributed by atoms with van der Waals surface area (Å²) < 4.78 is 0. The zero-order valence-electron chi connectivity index (χ0n) is 10.0. The van der Waals surface area contributed by atoms with Gasteiger partial charge in [0.1, 0.15) is 0 Å². The highest BCUT2D eigenvalue weighted by Gasteiger charge is 2.12. The molecule has 1 aromatic carbocycles. The molecule has 3 nitrogen and oxygen atoms in total. The molecule has 0 aliphatic heterocycles. The van der Waals surface area contributed by atoms with Gasteiger partial charge in [-0.1, -0.05) is 23.7 Å². The van der Waals surface area contributed by atoms with E-state index in [1.54, 1.807) is 42.4 Å². The fourth-order valence-corrected chi connectivity index (χ4v) is 1.84. The van der Waals surface area contributed by atoms with Gasteiger partial charge in [0.25, 0.3) is 5.91 Å². The van der Waals surface area contributed by atoms with Crippen LogP contribution in [0, 0.1) is 0 Å². The lowest BCUT2D eigenvalue weighted by Gasteiger charge is -2.16. The summed E-state index contributed by atoms with van der Waals surface area (Å²) in [5.41, 5.74) is 1.44. The summed E-state index contributed by atoms with van der Waals surface area (Å²) in [7, 11) is 1.75. The van der Waals surface area contributed by atoms with Crippen LogP contribution in [0.25, 0.3) is 0 Å². The minimum Gasteiger partial charge on any atom is -0.336 e. The van der Waals surface area contributed by atoms with Crippen LogP contribution >= 0.6 is 11.6 Å². The normalized spacial score (nSPS) is 10.1. The monoisotopic (exact) mass is 260 g/mol. The molecule has 0 bridgehead atoms. The fourth-order valence-electron chi connectivity index (χ4n) is 1.65. The second kappa shape index (κ2) is 5.65. The summed E-state index contributed by atoms with van der Waals surface area (Å²) in [6, 6.07) is 12.6. The number of nitrogens with zero attached hydrogens (tertiary/aromatic N) is 2. The van der Waals surface area contributed by atoms with Gasteiger partial charge in [0.05, 0.1) is 12.2 Å². The third kappa shape index (κ3) is 3.08. The predicted molar refractivity (Wildman–Crippen MR) is 71.5 cm³/mol. The Balaban J connectivity index is 2.10. The van der Waals surface area contributed by atoms with Crippen LogP contribution in [-0.4, -0.2) is 22.8 Å². The molecule has 92 valence electrons. The van der Waals surface area contributed by atoms with Gasteiger partial charge >= 0.3 is 0 Å². The van der Waals surface area contributed by atoms with Gasteiger partial charge in [0.15, 0.2) is 0 Å². The average Bonchev–Trinajstić information content (AvgIpc) is 2.39. The maximum absolute atomic E-state index is 12.1. The fraction of sp³-hybridized carbons (Fsp3) is 0.143. The molecule has 0 N–H and O–H groups in total. The summed E-state index contributed by atoms with van der Waals surface area (Å²) >= 11 is 5.87. The molecule has 0 saturated heterocycles. The molecule has 0 saturated carbocycles. The van der Waals surface area contributed by atoms with E-state index in [-0.39, 0.29) is 5.91 Å². The van der Waals surface area contributed by atoms with Gasteiger partial charge in [0.2, 0.25) is 0 Å². The average molecular weight is 261 g/mol. The van der Waals surface area contributed by atoms with Crippen molar-refractivity contribution in [3.8, 4) is 0 Å². The van der Waals surface area contributed by atoms with Crippen molar-refractivity contribution in [1.82, 2.24) is 9.88 Å². The van der Waals surface area contributed by atoms with Gasteiger partial charge in [0, 0.05) is 23.8 Å². The molecular weight excluding hydrogens is 248 g/mol. The van der Waals surface area contributed by atoms with E-state index in [0.29, 0.717) is 17.1 Å². The van der Waals surface area contributed by atoms with E-state index < -0.39 is 0 Å². The molecule has 0 aliphatic rings. The topological polar surface area (TPSA) is 33.2 Å². The predicted octanol–water partition coefficient (Wildman–Crippen LogP) is 3.01. The van der Waals surface area contributed by atoms with Crippen LogP contribution in [0.1, 0.15) is 16.1 Å². The molecule has 0 fully saturated rings. The lowest BCUT2D eigenvalue weighted by Crippen LogP contribution is -2.26. The van der Waals surface area contributed by atoms with Crippen molar-refractivity contribution in [2.24, 2.45) is 0 Å². The molecule has 0 spiro atoms. The number of hydrogen-bond donors (Lipinski definition) is 0. The summed E-state index contributed by atoms with van der Waals surface area (Å²) in [6.07, 6.45) is 1.72. The first kappa shape index (κ1) is 12.6. The molecule has 1 amide bonds. The quantitative estimate of drug-likeness (QED) is 0.850. The standard InChI is InChI=1S/C14H13ClN2O/c1-17(10-13-7-2-3-8-16-13)14(18)11-5-4-6-12(15)9-11/h2-9H,10H2,1H3. The van der Waals surface area contributed by atoms with Crippen molar-refractivity contribution in [2.45, 2.75) is 6.54 Å². The number of rotatable bonds is 3. The first-order chi connectivity index (χ1) is 8.66. The minimum atomic E-state index is -0.0665. The van der Waals surface area contributed by atoms with Gasteiger partial charge in [-0.15, -0.1) is 0 Å². The van der Waals surface area contributed by atoms with E-state index in [9.17, 15) is 4.79 Å². The second-order valence-electron chi connectivity index (χ2n) is 3.99. The Bertz CT molecular complexity index is 543. The van der Waals surface area contributed by atoms with Crippen LogP contribution in [-0.2, 0) is 6.54 Å². The molecule has 0 aliphatic carbocycles. The Labute approximate surface area is 111 Å². The highest BCUT2D eigenvalue weighted by molar-refractivity contribution is 6.30. The van der Waals surface area contributed by atoms with E-state index in [1.165, 1.54) is 0 Å². The lowest BCUT2D eigenvalue weighted by molar-refractivity contribution is 0.0783. The van der Waals surface area contributed by atoms with E-state index in [4.69, 9.17) is 11.6 Å². The number of carbonyl (C=O) groups excluding carboxylic acids is 1. The third-order valence-electron chi connectivity index (χ3n) is 2.54. The van der Waals surface area contributed by atoms with Crippen molar-refractivity contribution >= 4 is 17.5 Å². The van der Waals surface area contributed by atoms with Crippen molar-refractivity contribution < 1.29 is 4.79 Å². The lowest BCUT2D eigenvalue weighted by atomic mass is 10.2. The number of hydrogen-bond acceptors (Lipinski definition) is 2. The van der Waals surface area contributed by atoms with Crippen LogP contribution in [0.15, 0.2) is 48.7 Å². The smallest absolute Gasteiger partial charge is 0.253 e. The van der Waals surface area contributed by atoms with Gasteiger partial charge < -0.3 is 4.90 Å². The van der Waals surface area contributed by atoms with Crippen LogP contribution in [0.2, 0.25) is 5.02 Å². The Morgan fingerprint density at radius 2 is 2.11 bits per heavy atom. The van der Waals surface area contributed by atoms with Crippen molar-refractivity contribution in [2.75, 3.05) is 7.05 Å². The number of pyridine rings is 1. The second-order valence-corrected chi connectivity index (χ2v) is 4.43. The zero-order valence-corrected chi connectivity index (χ0v) is 10.8. The molecule has 0 atom stereocenters. The minimum absolute atomic E-state index is 0.0665. The molecular formula is C14H13ClN2O. The molecule has 1 aromatic heterocycles. The molecule has 18 heavy (non-hydrogen) atoms. The van der Waals surface area contributed by atoms with Crippen LogP contribution in [0.5, 0.6) is 0 Å². The molecule has 0 unspecified atom stereocenters. The first-order valence-corrected chi connectivity index (χ1v) is 5.95. The number of carbonyl (C=O) groups is 1. The molecule has 1 heterocycles. The Morgan fingerprint density at radius 1 is 1.28 bits per heavy atom. The first-order valence-electron chi connectivity index (χ1n) is 5.58. The van der Waals surface area contributed by atoms with Gasteiger partial charge in [-0.2, -0.15) is 0 Å². The number of halogens is 1. The van der Waals surface area contributed by atoms with Gasteiger partial charge in [-0.05, 0) is 30.3 Å². The largest absolute Gasteiger partial charge is 0.336 e. The van der Waals surface area contributed by atoms with Crippen molar-refractivity contribution in [3.63, 3.8) is 0 Å². The van der Waals surface area contributed by atoms with E-state index in [0.717, 1.165) is 5.69 Å². The Kier molecular flexibility index (Phi) is 3.95. The van der Waals surface area contributed by atoms with Gasteiger partial charge in [-0.3, -0.25) is 9.78 Å². The van der Waals surface area contributed by atoms with Crippen molar-refractivity contribution in [3.05, 3.63) is 64.9 Å². The van der Waals surface area contributed by atoms with E-state index >= 15 is 0 Å². The van der Waals surface area contributed by atoms with Crippen molar-refractivity contribution in [1.29, 1.82) is 0 Å². The molecule has 2 rings (SSSR count). The number of benzene rings is 1. The summed E-state index contributed by atoms with van der Waals surface area (Å²) in [6.45, 7) is 0.478. The SMILES string of the molecule is CN(Cc1ccccn1)C(=O)c1cccc(Cl)c1. The maximum Gasteiger partial charge on any atom is 0.253 e. The maximum atomic E-state index is 12.1. The number of amides is 1. The van der Waals surface area contributed by atoms with E-state index in [2.05, 4.69) is 4.98 Å².